The molecule has 2 aromatic carbocycles. The van der Waals surface area contributed by atoms with Crippen molar-refractivity contribution in [1.29, 1.82) is 0 Å². The zero-order valence-electron chi connectivity index (χ0n) is 16.8. The van der Waals surface area contributed by atoms with Crippen molar-refractivity contribution >= 4 is 23.4 Å². The van der Waals surface area contributed by atoms with Gasteiger partial charge in [0.2, 0.25) is 11.8 Å². The Morgan fingerprint density at radius 1 is 1.00 bits per heavy atom. The summed E-state index contributed by atoms with van der Waals surface area (Å²) in [6, 6.07) is 16.7. The van der Waals surface area contributed by atoms with E-state index in [-0.39, 0.29) is 17.9 Å². The van der Waals surface area contributed by atoms with Crippen LogP contribution in [-0.2, 0) is 22.6 Å². The minimum Gasteiger partial charge on any atom is -0.352 e. The van der Waals surface area contributed by atoms with Crippen molar-refractivity contribution in [2.45, 2.75) is 58.7 Å². The van der Waals surface area contributed by atoms with Crippen LogP contribution < -0.4 is 5.32 Å². The van der Waals surface area contributed by atoms with E-state index in [0.717, 1.165) is 17.5 Å². The van der Waals surface area contributed by atoms with Gasteiger partial charge >= 0.3 is 0 Å². The summed E-state index contributed by atoms with van der Waals surface area (Å²) in [6.07, 6.45) is 1.62. The number of halogens is 1. The van der Waals surface area contributed by atoms with Gasteiger partial charge in [0.05, 0.1) is 0 Å². The number of carbonyl (C=O) groups excluding carboxylic acids is 2. The lowest BCUT2D eigenvalue weighted by Gasteiger charge is -2.32. The fourth-order valence-electron chi connectivity index (χ4n) is 3.08. The summed E-state index contributed by atoms with van der Waals surface area (Å²) in [6.45, 7) is 6.20. The van der Waals surface area contributed by atoms with Gasteiger partial charge in [0.1, 0.15) is 6.04 Å². The summed E-state index contributed by atoms with van der Waals surface area (Å²) in [5.41, 5.74) is 1.97. The lowest BCUT2D eigenvalue weighted by Crippen LogP contribution is -2.51. The Labute approximate surface area is 172 Å². The van der Waals surface area contributed by atoms with Gasteiger partial charge in [0, 0.05) is 30.5 Å². The molecule has 4 nitrogen and oxygen atoms in total. The van der Waals surface area contributed by atoms with E-state index in [1.54, 1.807) is 17.0 Å². The highest BCUT2D eigenvalue weighted by molar-refractivity contribution is 6.30. The molecule has 0 saturated carbocycles. The Hall–Kier alpha value is -2.33. The molecule has 0 saturated heterocycles. The first-order chi connectivity index (χ1) is 13.4. The number of carbonyl (C=O) groups is 2. The Balaban J connectivity index is 2.35. The highest BCUT2D eigenvalue weighted by Gasteiger charge is 2.30. The van der Waals surface area contributed by atoms with Crippen molar-refractivity contribution in [3.05, 3.63) is 70.7 Å². The summed E-state index contributed by atoms with van der Waals surface area (Å²) in [4.78, 5) is 27.7. The molecule has 1 N–H and O–H groups in total. The Morgan fingerprint density at radius 3 is 2.21 bits per heavy atom. The largest absolute Gasteiger partial charge is 0.352 e. The summed E-state index contributed by atoms with van der Waals surface area (Å²) in [5, 5.41) is 3.63. The van der Waals surface area contributed by atoms with Crippen molar-refractivity contribution in [3.63, 3.8) is 0 Å². The number of nitrogens with one attached hydrogen (secondary N) is 1. The fraction of sp³-hybridized carbons (Fsp3) is 0.391. The zero-order chi connectivity index (χ0) is 20.5. The number of nitrogens with zero attached hydrogens (tertiary/aromatic N) is 1. The highest BCUT2D eigenvalue weighted by Crippen LogP contribution is 2.18. The van der Waals surface area contributed by atoms with E-state index >= 15 is 0 Å². The molecule has 0 spiro atoms. The fourth-order valence-corrected chi connectivity index (χ4v) is 3.20. The van der Waals surface area contributed by atoms with Crippen molar-refractivity contribution in [1.82, 2.24) is 10.2 Å². The van der Waals surface area contributed by atoms with Gasteiger partial charge in [-0.3, -0.25) is 9.59 Å². The molecule has 0 aliphatic rings. The molecule has 0 heterocycles. The van der Waals surface area contributed by atoms with E-state index in [1.165, 1.54) is 0 Å². The molecule has 1 atom stereocenters. The van der Waals surface area contributed by atoms with Crippen LogP contribution in [0.3, 0.4) is 0 Å². The predicted octanol–water partition coefficient (Wildman–Crippen LogP) is 4.60. The topological polar surface area (TPSA) is 49.4 Å². The lowest BCUT2D eigenvalue weighted by molar-refractivity contribution is -0.141. The monoisotopic (exact) mass is 400 g/mol. The smallest absolute Gasteiger partial charge is 0.243 e. The first-order valence-corrected chi connectivity index (χ1v) is 10.2. The SMILES string of the molecule is CCCC(=O)N(Cc1ccc(Cl)cc1)[C@H](Cc1ccccc1)C(=O)NC(C)C. The average molecular weight is 401 g/mol. The standard InChI is InChI=1S/C23H29ClN2O2/c1-4-8-22(27)26(16-19-11-13-20(24)14-12-19)21(23(28)25-17(2)3)15-18-9-6-5-7-10-18/h5-7,9-14,17,21H,4,8,15-16H2,1-3H3,(H,25,28)/t21-/m1/s1. The molecule has 2 aromatic rings. The van der Waals surface area contributed by atoms with Crippen LogP contribution in [0.5, 0.6) is 0 Å². The second-order valence-electron chi connectivity index (χ2n) is 7.27. The van der Waals surface area contributed by atoms with Crippen molar-refractivity contribution < 1.29 is 9.59 Å². The van der Waals surface area contributed by atoms with Gasteiger partial charge in [-0.25, -0.2) is 0 Å². The molecule has 0 aromatic heterocycles. The molecule has 0 unspecified atom stereocenters. The zero-order valence-corrected chi connectivity index (χ0v) is 17.6. The van der Waals surface area contributed by atoms with Crippen molar-refractivity contribution in [2.75, 3.05) is 0 Å². The summed E-state index contributed by atoms with van der Waals surface area (Å²) in [7, 11) is 0. The van der Waals surface area contributed by atoms with Crippen LogP contribution in [0.1, 0.15) is 44.7 Å². The first-order valence-electron chi connectivity index (χ1n) is 9.79. The van der Waals surface area contributed by atoms with E-state index < -0.39 is 6.04 Å². The van der Waals surface area contributed by atoms with Gasteiger partial charge < -0.3 is 10.2 Å². The molecule has 0 fully saturated rings. The van der Waals surface area contributed by atoms with Crippen LogP contribution >= 0.6 is 11.6 Å². The molecule has 0 aliphatic carbocycles. The summed E-state index contributed by atoms with van der Waals surface area (Å²) < 4.78 is 0. The third-order valence-corrected chi connectivity index (χ3v) is 4.68. The van der Waals surface area contributed by atoms with Gasteiger partial charge in [-0.2, -0.15) is 0 Å². The quantitative estimate of drug-likeness (QED) is 0.668. The van der Waals surface area contributed by atoms with Gasteiger partial charge in [-0.1, -0.05) is 61.0 Å². The minimum absolute atomic E-state index is 0.00410. The molecule has 0 radical (unpaired) electrons. The molecule has 2 amide bonds. The maximum Gasteiger partial charge on any atom is 0.243 e. The molecule has 0 bridgehead atoms. The average Bonchev–Trinajstić information content (AvgIpc) is 2.66. The van der Waals surface area contributed by atoms with Crippen molar-refractivity contribution in [2.24, 2.45) is 0 Å². The van der Waals surface area contributed by atoms with Crippen LogP contribution in [0.15, 0.2) is 54.6 Å². The second kappa shape index (κ2) is 10.9. The van der Waals surface area contributed by atoms with Gasteiger partial charge in [-0.05, 0) is 43.5 Å². The number of hydrogen-bond donors (Lipinski definition) is 1. The maximum atomic E-state index is 13.0. The van der Waals surface area contributed by atoms with E-state index in [1.807, 2.05) is 63.2 Å². The van der Waals surface area contributed by atoms with Gasteiger partial charge in [-0.15, -0.1) is 0 Å². The minimum atomic E-state index is -0.570. The van der Waals surface area contributed by atoms with E-state index in [2.05, 4.69) is 5.32 Å². The summed E-state index contributed by atoms with van der Waals surface area (Å²) in [5.74, 6) is -0.144. The number of amides is 2. The third kappa shape index (κ3) is 6.68. The molecular weight excluding hydrogens is 372 g/mol. The van der Waals surface area contributed by atoms with Crippen molar-refractivity contribution in [3.8, 4) is 0 Å². The van der Waals surface area contributed by atoms with Crippen LogP contribution in [0.25, 0.3) is 0 Å². The Bertz CT molecular complexity index is 760. The number of rotatable bonds is 9. The Kier molecular flexibility index (Phi) is 8.52. The van der Waals surface area contributed by atoms with Crippen LogP contribution in [-0.4, -0.2) is 28.8 Å². The number of benzene rings is 2. The molecule has 28 heavy (non-hydrogen) atoms. The summed E-state index contributed by atoms with van der Waals surface area (Å²) >= 11 is 5.99. The third-order valence-electron chi connectivity index (χ3n) is 4.43. The van der Waals surface area contributed by atoms with E-state index in [4.69, 9.17) is 11.6 Å². The van der Waals surface area contributed by atoms with Crippen LogP contribution in [0.2, 0.25) is 5.02 Å². The molecule has 5 heteroatoms. The van der Waals surface area contributed by atoms with E-state index in [0.29, 0.717) is 24.4 Å². The highest BCUT2D eigenvalue weighted by atomic mass is 35.5. The second-order valence-corrected chi connectivity index (χ2v) is 7.70. The molecule has 2 rings (SSSR count). The first kappa shape index (κ1) is 22.0. The van der Waals surface area contributed by atoms with E-state index in [9.17, 15) is 9.59 Å². The van der Waals surface area contributed by atoms with Crippen LogP contribution in [0.4, 0.5) is 0 Å². The normalized spacial score (nSPS) is 11.9. The maximum absolute atomic E-state index is 13.0. The van der Waals surface area contributed by atoms with Crippen LogP contribution in [0, 0.1) is 0 Å². The Morgan fingerprint density at radius 2 is 1.64 bits per heavy atom. The predicted molar refractivity (Wildman–Crippen MR) is 114 cm³/mol. The molecule has 0 aliphatic heterocycles. The number of hydrogen-bond acceptors (Lipinski definition) is 2. The van der Waals surface area contributed by atoms with Gasteiger partial charge in [0.15, 0.2) is 0 Å². The molecule has 150 valence electrons. The molecular formula is C23H29ClN2O2. The lowest BCUT2D eigenvalue weighted by atomic mass is 10.0. The van der Waals surface area contributed by atoms with Gasteiger partial charge in [0.25, 0.3) is 0 Å².